The highest BCUT2D eigenvalue weighted by Gasteiger charge is 2.20. The number of hydrogen-bond acceptors (Lipinski definition) is 5. The van der Waals surface area contributed by atoms with E-state index < -0.39 is 6.09 Å². The standard InChI is InChI=1S/C33H40N4O3/c1-25-21-32(14-11-27(25)9-6-20-39-33(38)35-28-15-18-36(2)19-16-28)40-24-31-13-12-29(22-26-7-3-4-8-26)37(31)30-10-5-17-34-23-30/h5,10-14,17,21,23,26,28H,3-4,7-8,15-16,18-20,22,24H2,1-2H3,(H,35,38). The van der Waals surface area contributed by atoms with Crippen LogP contribution in [0.15, 0.2) is 54.9 Å². The van der Waals surface area contributed by atoms with Gasteiger partial charge in [-0.15, -0.1) is 0 Å². The van der Waals surface area contributed by atoms with Crippen molar-refractivity contribution in [2.45, 2.75) is 64.5 Å². The maximum absolute atomic E-state index is 12.1. The SMILES string of the molecule is Cc1cc(OCc2ccc(CC3CCCC3)n2-c2cccnc2)ccc1C#CCOC(=O)NC1CCN(C)CC1. The molecule has 7 nitrogen and oxygen atoms in total. The zero-order valence-electron chi connectivity index (χ0n) is 23.7. The lowest BCUT2D eigenvalue weighted by molar-refractivity contribution is 0.147. The van der Waals surface area contributed by atoms with Crippen LogP contribution in [0.25, 0.3) is 5.69 Å². The van der Waals surface area contributed by atoms with Crippen LogP contribution in [0.5, 0.6) is 5.75 Å². The first-order valence-electron chi connectivity index (χ1n) is 14.5. The summed E-state index contributed by atoms with van der Waals surface area (Å²) in [5.41, 5.74) is 5.42. The smallest absolute Gasteiger partial charge is 0.408 e. The Balaban J connectivity index is 1.16. The second-order valence-electron chi connectivity index (χ2n) is 11.1. The van der Waals surface area contributed by atoms with Gasteiger partial charge in [0, 0.05) is 23.5 Å². The van der Waals surface area contributed by atoms with Crippen molar-refractivity contribution < 1.29 is 14.3 Å². The minimum Gasteiger partial charge on any atom is -0.487 e. The fourth-order valence-corrected chi connectivity index (χ4v) is 5.74. The van der Waals surface area contributed by atoms with Crippen LogP contribution >= 0.6 is 0 Å². The van der Waals surface area contributed by atoms with Crippen molar-refractivity contribution in [2.24, 2.45) is 5.92 Å². The molecule has 0 unspecified atom stereocenters. The number of piperidine rings is 1. The second kappa shape index (κ2) is 13.5. The van der Waals surface area contributed by atoms with Gasteiger partial charge in [-0.3, -0.25) is 4.98 Å². The van der Waals surface area contributed by atoms with Gasteiger partial charge in [-0.25, -0.2) is 4.79 Å². The molecule has 1 saturated heterocycles. The number of carbonyl (C=O) groups is 1. The largest absolute Gasteiger partial charge is 0.487 e. The van der Waals surface area contributed by atoms with Gasteiger partial charge in [-0.2, -0.15) is 0 Å². The first-order valence-corrected chi connectivity index (χ1v) is 14.5. The molecule has 1 saturated carbocycles. The van der Waals surface area contributed by atoms with Crippen LogP contribution in [0, 0.1) is 24.7 Å². The average Bonchev–Trinajstić information content (AvgIpc) is 3.63. The zero-order chi connectivity index (χ0) is 27.7. The first-order chi connectivity index (χ1) is 19.5. The van der Waals surface area contributed by atoms with Gasteiger partial charge in [-0.1, -0.05) is 37.5 Å². The summed E-state index contributed by atoms with van der Waals surface area (Å²) in [5, 5.41) is 2.94. The minimum atomic E-state index is -0.397. The molecule has 0 bridgehead atoms. The Labute approximate surface area is 237 Å². The van der Waals surface area contributed by atoms with E-state index in [9.17, 15) is 4.79 Å². The summed E-state index contributed by atoms with van der Waals surface area (Å²) >= 11 is 0. The third-order valence-corrected chi connectivity index (χ3v) is 8.04. The molecule has 3 heterocycles. The molecule has 1 aromatic carbocycles. The second-order valence-corrected chi connectivity index (χ2v) is 11.1. The quantitative estimate of drug-likeness (QED) is 0.373. The van der Waals surface area contributed by atoms with Gasteiger partial charge in [-0.05, 0) is 100 Å². The number of rotatable bonds is 8. The molecule has 210 valence electrons. The van der Waals surface area contributed by atoms with E-state index >= 15 is 0 Å². The molecule has 5 rings (SSSR count). The number of carbonyl (C=O) groups excluding carboxylic acids is 1. The normalized spacial score (nSPS) is 16.4. The van der Waals surface area contributed by atoms with Crippen molar-refractivity contribution in [1.82, 2.24) is 19.8 Å². The average molecular weight is 541 g/mol. The highest BCUT2D eigenvalue weighted by Crippen LogP contribution is 2.30. The summed E-state index contributed by atoms with van der Waals surface area (Å²) in [6, 6.07) is 14.6. The van der Waals surface area contributed by atoms with E-state index in [1.54, 1.807) is 0 Å². The summed E-state index contributed by atoms with van der Waals surface area (Å²) in [7, 11) is 2.10. The van der Waals surface area contributed by atoms with Crippen LogP contribution in [0.4, 0.5) is 4.79 Å². The Hall–Kier alpha value is -3.76. The van der Waals surface area contributed by atoms with Crippen LogP contribution in [0.3, 0.4) is 0 Å². The van der Waals surface area contributed by atoms with Crippen molar-refractivity contribution in [2.75, 3.05) is 26.7 Å². The Kier molecular flexibility index (Phi) is 9.41. The van der Waals surface area contributed by atoms with Gasteiger partial charge in [0.05, 0.1) is 17.6 Å². The summed E-state index contributed by atoms with van der Waals surface area (Å²) in [6.07, 6.45) is 11.6. The van der Waals surface area contributed by atoms with Crippen molar-refractivity contribution in [1.29, 1.82) is 0 Å². The van der Waals surface area contributed by atoms with Gasteiger partial charge in [0.2, 0.25) is 0 Å². The summed E-state index contributed by atoms with van der Waals surface area (Å²) in [6.45, 7) is 4.52. The maximum Gasteiger partial charge on any atom is 0.408 e. The van der Waals surface area contributed by atoms with E-state index in [4.69, 9.17) is 9.47 Å². The Bertz CT molecular complexity index is 1330. The van der Waals surface area contributed by atoms with Crippen LogP contribution < -0.4 is 10.1 Å². The molecule has 1 aliphatic heterocycles. The molecule has 1 amide bonds. The predicted octanol–water partition coefficient (Wildman–Crippen LogP) is 5.66. The number of aryl methyl sites for hydroxylation is 1. The van der Waals surface area contributed by atoms with Gasteiger partial charge < -0.3 is 24.3 Å². The zero-order valence-corrected chi connectivity index (χ0v) is 23.7. The third kappa shape index (κ3) is 7.45. The van der Waals surface area contributed by atoms with E-state index in [0.717, 1.165) is 66.5 Å². The molecule has 2 aliphatic rings. The topological polar surface area (TPSA) is 68.6 Å². The number of likely N-dealkylation sites (tertiary alicyclic amines) is 1. The van der Waals surface area contributed by atoms with Gasteiger partial charge in [0.1, 0.15) is 12.4 Å². The van der Waals surface area contributed by atoms with Gasteiger partial charge in [0.25, 0.3) is 0 Å². The number of benzene rings is 1. The number of aromatic nitrogens is 2. The summed E-state index contributed by atoms with van der Waals surface area (Å²) in [5.74, 6) is 7.64. The van der Waals surface area contributed by atoms with E-state index in [1.165, 1.54) is 31.4 Å². The molecule has 1 N–H and O–H groups in total. The van der Waals surface area contributed by atoms with E-state index in [1.807, 2.05) is 43.6 Å². The molecule has 0 spiro atoms. The molecule has 40 heavy (non-hydrogen) atoms. The van der Waals surface area contributed by atoms with Crippen LogP contribution in [-0.4, -0.2) is 53.3 Å². The first kappa shape index (κ1) is 27.8. The third-order valence-electron chi connectivity index (χ3n) is 8.04. The lowest BCUT2D eigenvalue weighted by Gasteiger charge is -2.28. The van der Waals surface area contributed by atoms with Crippen LogP contribution in [0.2, 0.25) is 0 Å². The molecule has 2 aromatic heterocycles. The Morgan fingerprint density at radius 2 is 1.88 bits per heavy atom. The van der Waals surface area contributed by atoms with Crippen LogP contribution in [-0.2, 0) is 17.8 Å². The molecule has 1 aliphatic carbocycles. The number of ether oxygens (including phenoxy) is 2. The highest BCUT2D eigenvalue weighted by atomic mass is 16.5. The van der Waals surface area contributed by atoms with Crippen molar-refractivity contribution in [3.8, 4) is 23.3 Å². The van der Waals surface area contributed by atoms with Crippen molar-refractivity contribution in [3.05, 3.63) is 77.4 Å². The highest BCUT2D eigenvalue weighted by molar-refractivity contribution is 5.67. The lowest BCUT2D eigenvalue weighted by atomic mass is 10.0. The lowest BCUT2D eigenvalue weighted by Crippen LogP contribution is -2.43. The van der Waals surface area contributed by atoms with Crippen molar-refractivity contribution >= 4 is 6.09 Å². The van der Waals surface area contributed by atoms with E-state index in [-0.39, 0.29) is 12.6 Å². The summed E-state index contributed by atoms with van der Waals surface area (Å²) < 4.78 is 13.8. The molecule has 7 heteroatoms. The molecular formula is C33H40N4O3. The number of nitrogens with zero attached hydrogens (tertiary/aromatic N) is 3. The number of amides is 1. The summed E-state index contributed by atoms with van der Waals surface area (Å²) in [4.78, 5) is 18.7. The van der Waals surface area contributed by atoms with Crippen molar-refractivity contribution in [3.63, 3.8) is 0 Å². The van der Waals surface area contributed by atoms with Gasteiger partial charge in [0.15, 0.2) is 6.61 Å². The Morgan fingerprint density at radius 3 is 2.62 bits per heavy atom. The molecule has 2 fully saturated rings. The van der Waals surface area contributed by atoms with E-state index in [0.29, 0.717) is 6.61 Å². The molecule has 0 radical (unpaired) electrons. The maximum atomic E-state index is 12.1. The molecular weight excluding hydrogens is 500 g/mol. The number of hydrogen-bond donors (Lipinski definition) is 1. The molecule has 3 aromatic rings. The number of alkyl carbamates (subject to hydrolysis) is 1. The molecule has 0 atom stereocenters. The predicted molar refractivity (Wildman–Crippen MR) is 157 cm³/mol. The van der Waals surface area contributed by atoms with E-state index in [2.05, 4.69) is 56.9 Å². The van der Waals surface area contributed by atoms with Crippen LogP contribution in [0.1, 0.15) is 61.0 Å². The minimum absolute atomic E-state index is 0.0602. The monoisotopic (exact) mass is 540 g/mol. The van der Waals surface area contributed by atoms with Gasteiger partial charge >= 0.3 is 6.09 Å². The number of nitrogens with one attached hydrogen (secondary N) is 1. The fraction of sp³-hybridized carbons (Fsp3) is 0.455. The fourth-order valence-electron chi connectivity index (χ4n) is 5.74. The Morgan fingerprint density at radius 1 is 1.07 bits per heavy atom. The number of pyridine rings is 1.